The molecule has 0 saturated carbocycles. The molecule has 1 heterocycles. The Morgan fingerprint density at radius 2 is 2.15 bits per heavy atom. The van der Waals surface area contributed by atoms with Crippen LogP contribution in [-0.4, -0.2) is 64.2 Å². The van der Waals surface area contributed by atoms with Crippen molar-refractivity contribution in [3.8, 4) is 0 Å². The minimum absolute atomic E-state index is 0.0155. The van der Waals surface area contributed by atoms with Gasteiger partial charge >= 0.3 is 0 Å². The summed E-state index contributed by atoms with van der Waals surface area (Å²) in [5, 5.41) is 10.5. The monoisotopic (exact) mass is 302 g/mol. The van der Waals surface area contributed by atoms with E-state index < -0.39 is 5.25 Å². The number of rotatable bonds is 8. The van der Waals surface area contributed by atoms with Crippen molar-refractivity contribution >= 4 is 35.3 Å². The summed E-state index contributed by atoms with van der Waals surface area (Å²) in [6.45, 7) is 1.46. The first-order valence-electron chi connectivity index (χ1n) is 6.28. The van der Waals surface area contributed by atoms with Crippen LogP contribution in [0.15, 0.2) is 0 Å². The average molecular weight is 302 g/mol. The Morgan fingerprint density at radius 3 is 2.75 bits per heavy atom. The van der Waals surface area contributed by atoms with Gasteiger partial charge in [0.05, 0.1) is 17.6 Å². The number of likely N-dealkylation sites (tertiary alicyclic amines) is 1. The van der Waals surface area contributed by atoms with Crippen molar-refractivity contribution in [2.24, 2.45) is 0 Å². The van der Waals surface area contributed by atoms with Crippen LogP contribution < -0.4 is 5.32 Å². The van der Waals surface area contributed by atoms with Crippen molar-refractivity contribution in [2.45, 2.75) is 25.0 Å². The summed E-state index contributed by atoms with van der Waals surface area (Å²) in [6.07, 6.45) is 0.0939. The van der Waals surface area contributed by atoms with E-state index in [0.717, 1.165) is 16.7 Å². The van der Waals surface area contributed by atoms with Crippen LogP contribution in [0.1, 0.15) is 19.8 Å². The number of thioether (sulfide) groups is 1. The van der Waals surface area contributed by atoms with Crippen LogP contribution in [0.3, 0.4) is 0 Å². The normalized spacial score (nSPS) is 18.5. The Morgan fingerprint density at radius 1 is 1.45 bits per heavy atom. The Kier molecular flexibility index (Phi) is 6.66. The van der Waals surface area contributed by atoms with Crippen molar-refractivity contribution in [1.29, 1.82) is 0 Å². The Labute approximate surface area is 121 Å². The number of ketones is 1. The maximum absolute atomic E-state index is 12.0. The predicted molar refractivity (Wildman–Crippen MR) is 73.0 cm³/mol. The molecule has 1 unspecified atom stereocenters. The maximum atomic E-state index is 12.0. The van der Waals surface area contributed by atoms with Crippen molar-refractivity contribution < 1.29 is 24.3 Å². The number of carbonyl (C=O) groups excluding carboxylic acids is 4. The minimum atomic E-state index is -0.521. The highest BCUT2D eigenvalue weighted by Gasteiger charge is 2.38. The number of aliphatic hydroxyl groups excluding tert-OH is 1. The third-order valence-electron chi connectivity index (χ3n) is 2.69. The Hall–Kier alpha value is -1.41. The molecule has 0 bridgehead atoms. The number of aliphatic hydroxyl groups is 1. The van der Waals surface area contributed by atoms with Gasteiger partial charge < -0.3 is 10.4 Å². The number of nitrogens with zero attached hydrogens (tertiary/aromatic N) is 1. The van der Waals surface area contributed by atoms with Gasteiger partial charge in [0.15, 0.2) is 0 Å². The topological polar surface area (TPSA) is 104 Å². The molecule has 1 rings (SSSR count). The second kappa shape index (κ2) is 8.01. The van der Waals surface area contributed by atoms with E-state index in [4.69, 9.17) is 5.11 Å². The van der Waals surface area contributed by atoms with Crippen LogP contribution in [0.4, 0.5) is 0 Å². The van der Waals surface area contributed by atoms with E-state index in [1.165, 1.54) is 6.92 Å². The van der Waals surface area contributed by atoms with Crippen molar-refractivity contribution in [3.63, 3.8) is 0 Å². The van der Waals surface area contributed by atoms with E-state index in [1.54, 1.807) is 0 Å². The third-order valence-corrected chi connectivity index (χ3v) is 4.03. The lowest BCUT2D eigenvalue weighted by molar-refractivity contribution is -0.138. The molecule has 7 nitrogen and oxygen atoms in total. The standard InChI is InChI=1S/C12H18N2O5S/c1-8(16)7-20-9-6-11(18)14(12(9)19)4-2-10(17)13-3-5-15/h9,15H,2-7H2,1H3,(H,13,17). The van der Waals surface area contributed by atoms with Gasteiger partial charge in [-0.05, 0) is 6.92 Å². The van der Waals surface area contributed by atoms with Gasteiger partial charge in [-0.3, -0.25) is 24.1 Å². The predicted octanol–water partition coefficient (Wildman–Crippen LogP) is -1.07. The molecule has 1 aliphatic rings. The number of Topliss-reactive ketones (excluding diaryl/α,β-unsaturated/α-hetero) is 1. The van der Waals surface area contributed by atoms with E-state index in [9.17, 15) is 19.2 Å². The molecule has 1 aliphatic heterocycles. The molecule has 112 valence electrons. The highest BCUT2D eigenvalue weighted by Crippen LogP contribution is 2.25. The first kappa shape index (κ1) is 16.6. The minimum Gasteiger partial charge on any atom is -0.395 e. The van der Waals surface area contributed by atoms with Gasteiger partial charge in [-0.2, -0.15) is 0 Å². The quantitative estimate of drug-likeness (QED) is 0.554. The summed E-state index contributed by atoms with van der Waals surface area (Å²) in [5.74, 6) is -0.812. The second-order valence-corrected chi connectivity index (χ2v) is 5.60. The molecule has 1 atom stereocenters. The van der Waals surface area contributed by atoms with Crippen LogP contribution in [0, 0.1) is 0 Å². The summed E-state index contributed by atoms with van der Waals surface area (Å²) in [4.78, 5) is 47.0. The fourth-order valence-corrected chi connectivity index (χ4v) is 2.70. The van der Waals surface area contributed by atoms with Crippen molar-refractivity contribution in [3.05, 3.63) is 0 Å². The van der Waals surface area contributed by atoms with Crippen LogP contribution in [-0.2, 0) is 19.2 Å². The number of nitrogens with one attached hydrogen (secondary N) is 1. The number of imide groups is 1. The van der Waals surface area contributed by atoms with Gasteiger partial charge in [-0.25, -0.2) is 0 Å². The molecule has 1 saturated heterocycles. The molecular weight excluding hydrogens is 284 g/mol. The molecule has 0 aromatic carbocycles. The van der Waals surface area contributed by atoms with Gasteiger partial charge in [0.1, 0.15) is 5.78 Å². The lowest BCUT2D eigenvalue weighted by Gasteiger charge is -2.14. The molecule has 8 heteroatoms. The number of amides is 3. The smallest absolute Gasteiger partial charge is 0.242 e. The molecular formula is C12H18N2O5S. The zero-order valence-electron chi connectivity index (χ0n) is 11.3. The average Bonchev–Trinajstić information content (AvgIpc) is 2.66. The van der Waals surface area contributed by atoms with Gasteiger partial charge in [-0.15, -0.1) is 11.8 Å². The van der Waals surface area contributed by atoms with Gasteiger partial charge in [0.2, 0.25) is 17.7 Å². The SMILES string of the molecule is CC(=O)CSC1CC(=O)N(CCC(=O)NCCO)C1=O. The number of hydrogen-bond acceptors (Lipinski definition) is 6. The first-order chi connectivity index (χ1) is 9.45. The molecule has 0 aromatic rings. The fraction of sp³-hybridized carbons (Fsp3) is 0.667. The Bertz CT molecular complexity index is 413. The lowest BCUT2D eigenvalue weighted by Crippen LogP contribution is -2.36. The molecule has 20 heavy (non-hydrogen) atoms. The Balaban J connectivity index is 2.42. The third kappa shape index (κ3) is 4.93. The van der Waals surface area contributed by atoms with Crippen LogP contribution >= 0.6 is 11.8 Å². The highest BCUT2D eigenvalue weighted by molar-refractivity contribution is 8.01. The van der Waals surface area contributed by atoms with E-state index in [-0.39, 0.29) is 61.8 Å². The zero-order chi connectivity index (χ0) is 15.1. The van der Waals surface area contributed by atoms with Crippen LogP contribution in [0.25, 0.3) is 0 Å². The van der Waals surface area contributed by atoms with Crippen LogP contribution in [0.2, 0.25) is 0 Å². The van der Waals surface area contributed by atoms with Gasteiger partial charge in [0, 0.05) is 25.9 Å². The van der Waals surface area contributed by atoms with Crippen molar-refractivity contribution in [2.75, 3.05) is 25.4 Å². The summed E-state index contributed by atoms with van der Waals surface area (Å²) in [7, 11) is 0. The van der Waals surface area contributed by atoms with E-state index in [1.807, 2.05) is 0 Å². The molecule has 0 aliphatic carbocycles. The number of hydrogen-bond donors (Lipinski definition) is 2. The highest BCUT2D eigenvalue weighted by atomic mass is 32.2. The first-order valence-corrected chi connectivity index (χ1v) is 7.33. The van der Waals surface area contributed by atoms with Crippen LogP contribution in [0.5, 0.6) is 0 Å². The summed E-state index contributed by atoms with van der Waals surface area (Å²) in [6, 6.07) is 0. The number of carbonyl (C=O) groups is 4. The van der Waals surface area contributed by atoms with Gasteiger partial charge in [0.25, 0.3) is 0 Å². The van der Waals surface area contributed by atoms with Crippen molar-refractivity contribution in [1.82, 2.24) is 10.2 Å². The second-order valence-electron chi connectivity index (χ2n) is 4.41. The lowest BCUT2D eigenvalue weighted by atomic mass is 10.3. The molecule has 2 N–H and O–H groups in total. The zero-order valence-corrected chi connectivity index (χ0v) is 12.1. The van der Waals surface area contributed by atoms with E-state index >= 15 is 0 Å². The molecule has 0 radical (unpaired) electrons. The molecule has 1 fully saturated rings. The van der Waals surface area contributed by atoms with E-state index in [0.29, 0.717) is 0 Å². The maximum Gasteiger partial charge on any atom is 0.242 e. The van der Waals surface area contributed by atoms with Gasteiger partial charge in [-0.1, -0.05) is 0 Å². The molecule has 3 amide bonds. The largest absolute Gasteiger partial charge is 0.395 e. The molecule has 0 aromatic heterocycles. The summed E-state index contributed by atoms with van der Waals surface area (Å²) >= 11 is 1.16. The van der Waals surface area contributed by atoms with E-state index in [2.05, 4.69) is 5.32 Å². The molecule has 0 spiro atoms. The fourth-order valence-electron chi connectivity index (χ4n) is 1.73. The summed E-state index contributed by atoms with van der Waals surface area (Å²) < 4.78 is 0. The summed E-state index contributed by atoms with van der Waals surface area (Å²) in [5.41, 5.74) is 0.